The Morgan fingerprint density at radius 3 is 2.74 bits per heavy atom. The van der Waals surface area contributed by atoms with E-state index in [1.54, 1.807) is 0 Å². The van der Waals surface area contributed by atoms with E-state index in [1.807, 2.05) is 30.2 Å². The predicted octanol–water partition coefficient (Wildman–Crippen LogP) is 2.04. The molecule has 0 saturated heterocycles. The molecule has 1 aromatic heterocycles. The lowest BCUT2D eigenvalue weighted by atomic mass is 10.3. The molecule has 0 aliphatic heterocycles. The number of imidazole rings is 1. The maximum absolute atomic E-state index is 4.10. The van der Waals surface area contributed by atoms with E-state index in [1.165, 1.54) is 11.4 Å². The molecule has 0 radical (unpaired) electrons. The Hall–Kier alpha value is -1.81. The molecule has 0 fully saturated rings. The number of hydrogen-bond donors (Lipinski definition) is 1. The lowest BCUT2D eigenvalue weighted by Gasteiger charge is -2.19. The van der Waals surface area contributed by atoms with Crippen molar-refractivity contribution in [3.05, 3.63) is 48.5 Å². The van der Waals surface area contributed by atoms with Crippen LogP contribution < -0.4 is 10.2 Å². The summed E-state index contributed by atoms with van der Waals surface area (Å²) in [6.07, 6.45) is 4.87. The van der Waals surface area contributed by atoms with Crippen molar-refractivity contribution in [2.45, 2.75) is 13.0 Å². The standard InChI is InChI=1S/C15H22N4/c1-18(14-7-4-3-5-8-14)10-6-9-16-11-15-12-17-13-19(15)2/h3-5,7-8,12-13,16H,6,9-11H2,1-2H3. The van der Waals surface area contributed by atoms with Crippen molar-refractivity contribution in [2.75, 3.05) is 25.0 Å². The predicted molar refractivity (Wildman–Crippen MR) is 79.2 cm³/mol. The highest BCUT2D eigenvalue weighted by molar-refractivity contribution is 5.44. The third-order valence-electron chi connectivity index (χ3n) is 3.27. The highest BCUT2D eigenvalue weighted by Gasteiger charge is 2.00. The summed E-state index contributed by atoms with van der Waals surface area (Å²) in [4.78, 5) is 6.39. The summed E-state index contributed by atoms with van der Waals surface area (Å²) >= 11 is 0. The molecule has 0 aliphatic carbocycles. The molecule has 0 saturated carbocycles. The Kier molecular flexibility index (Phi) is 4.98. The molecular formula is C15H22N4. The number of anilines is 1. The van der Waals surface area contributed by atoms with Gasteiger partial charge < -0.3 is 14.8 Å². The third-order valence-corrected chi connectivity index (χ3v) is 3.27. The Balaban J connectivity index is 1.63. The molecule has 0 unspecified atom stereocenters. The first kappa shape index (κ1) is 13.6. The maximum Gasteiger partial charge on any atom is 0.0945 e. The van der Waals surface area contributed by atoms with Crippen LogP contribution in [0.4, 0.5) is 5.69 Å². The number of hydrogen-bond acceptors (Lipinski definition) is 3. The van der Waals surface area contributed by atoms with Crippen LogP contribution in [0.2, 0.25) is 0 Å². The Bertz CT molecular complexity index is 478. The van der Waals surface area contributed by atoms with Gasteiger partial charge in [-0.15, -0.1) is 0 Å². The van der Waals surface area contributed by atoms with Gasteiger partial charge in [-0.05, 0) is 25.1 Å². The maximum atomic E-state index is 4.10. The van der Waals surface area contributed by atoms with Crippen molar-refractivity contribution in [1.29, 1.82) is 0 Å². The van der Waals surface area contributed by atoms with E-state index in [0.29, 0.717) is 0 Å². The van der Waals surface area contributed by atoms with Crippen molar-refractivity contribution in [1.82, 2.24) is 14.9 Å². The van der Waals surface area contributed by atoms with Crippen LogP contribution >= 0.6 is 0 Å². The van der Waals surface area contributed by atoms with Gasteiger partial charge in [0.1, 0.15) is 0 Å². The van der Waals surface area contributed by atoms with E-state index in [0.717, 1.165) is 26.1 Å². The minimum atomic E-state index is 0.881. The zero-order valence-corrected chi connectivity index (χ0v) is 11.7. The SMILES string of the molecule is CN(CCCNCc1cncn1C)c1ccccc1. The van der Waals surface area contributed by atoms with Crippen molar-refractivity contribution in [3.63, 3.8) is 0 Å². The largest absolute Gasteiger partial charge is 0.375 e. The number of aromatic nitrogens is 2. The fraction of sp³-hybridized carbons (Fsp3) is 0.400. The van der Waals surface area contributed by atoms with E-state index < -0.39 is 0 Å². The first-order chi connectivity index (χ1) is 9.27. The fourth-order valence-corrected chi connectivity index (χ4v) is 2.02. The van der Waals surface area contributed by atoms with E-state index in [9.17, 15) is 0 Å². The van der Waals surface area contributed by atoms with Gasteiger partial charge in [0.15, 0.2) is 0 Å². The van der Waals surface area contributed by atoms with E-state index in [-0.39, 0.29) is 0 Å². The topological polar surface area (TPSA) is 33.1 Å². The van der Waals surface area contributed by atoms with E-state index in [2.05, 4.69) is 46.5 Å². The summed E-state index contributed by atoms with van der Waals surface area (Å²) in [5, 5.41) is 3.45. The first-order valence-corrected chi connectivity index (χ1v) is 6.69. The van der Waals surface area contributed by atoms with Gasteiger partial charge in [0.05, 0.1) is 12.0 Å². The highest BCUT2D eigenvalue weighted by atomic mass is 15.1. The second-order valence-electron chi connectivity index (χ2n) is 4.78. The number of rotatable bonds is 7. The van der Waals surface area contributed by atoms with Crippen molar-refractivity contribution >= 4 is 5.69 Å². The van der Waals surface area contributed by atoms with Gasteiger partial charge in [-0.3, -0.25) is 0 Å². The molecule has 0 amide bonds. The second kappa shape index (κ2) is 6.95. The number of nitrogens with zero attached hydrogens (tertiary/aromatic N) is 3. The fourth-order valence-electron chi connectivity index (χ4n) is 2.02. The molecule has 2 aromatic rings. The molecule has 2 rings (SSSR count). The van der Waals surface area contributed by atoms with Crippen LogP contribution in [0.3, 0.4) is 0 Å². The van der Waals surface area contributed by atoms with Gasteiger partial charge >= 0.3 is 0 Å². The zero-order chi connectivity index (χ0) is 13.5. The summed E-state index contributed by atoms with van der Waals surface area (Å²) in [6, 6.07) is 10.5. The lowest BCUT2D eigenvalue weighted by molar-refractivity contribution is 0.623. The minimum Gasteiger partial charge on any atom is -0.375 e. The molecule has 0 aliphatic rings. The van der Waals surface area contributed by atoms with Gasteiger partial charge in [-0.1, -0.05) is 18.2 Å². The van der Waals surface area contributed by atoms with Crippen LogP contribution in [0.25, 0.3) is 0 Å². The number of para-hydroxylation sites is 1. The summed E-state index contributed by atoms with van der Waals surface area (Å²) in [5.41, 5.74) is 2.49. The Labute approximate surface area is 115 Å². The summed E-state index contributed by atoms with van der Waals surface area (Å²) < 4.78 is 2.04. The van der Waals surface area contributed by atoms with Crippen LogP contribution in [-0.4, -0.2) is 29.7 Å². The molecule has 1 aromatic carbocycles. The van der Waals surface area contributed by atoms with Crippen LogP contribution in [0, 0.1) is 0 Å². The molecule has 1 heterocycles. The number of aryl methyl sites for hydroxylation is 1. The molecule has 4 heteroatoms. The van der Waals surface area contributed by atoms with Crippen LogP contribution in [0.15, 0.2) is 42.9 Å². The molecule has 0 atom stereocenters. The summed E-state index contributed by atoms with van der Waals surface area (Å²) in [7, 11) is 4.16. The van der Waals surface area contributed by atoms with Crippen molar-refractivity contribution < 1.29 is 0 Å². The molecule has 1 N–H and O–H groups in total. The summed E-state index contributed by atoms with van der Waals surface area (Å²) in [6.45, 7) is 2.95. The first-order valence-electron chi connectivity index (χ1n) is 6.69. The quantitative estimate of drug-likeness (QED) is 0.772. The average Bonchev–Trinajstić information content (AvgIpc) is 2.85. The average molecular weight is 258 g/mol. The molecular weight excluding hydrogens is 236 g/mol. The molecule has 0 spiro atoms. The van der Waals surface area contributed by atoms with Crippen LogP contribution in [0.1, 0.15) is 12.1 Å². The van der Waals surface area contributed by atoms with Crippen LogP contribution in [0.5, 0.6) is 0 Å². The van der Waals surface area contributed by atoms with Gasteiger partial charge in [-0.25, -0.2) is 4.98 Å². The Morgan fingerprint density at radius 1 is 1.26 bits per heavy atom. The summed E-state index contributed by atoms with van der Waals surface area (Å²) in [5.74, 6) is 0. The number of nitrogens with one attached hydrogen (secondary N) is 1. The lowest BCUT2D eigenvalue weighted by Crippen LogP contribution is -2.24. The van der Waals surface area contributed by atoms with E-state index >= 15 is 0 Å². The second-order valence-corrected chi connectivity index (χ2v) is 4.78. The van der Waals surface area contributed by atoms with Gasteiger partial charge in [0, 0.05) is 39.1 Å². The number of benzene rings is 1. The molecule has 102 valence electrons. The third kappa shape index (κ3) is 4.10. The molecule has 19 heavy (non-hydrogen) atoms. The monoisotopic (exact) mass is 258 g/mol. The zero-order valence-electron chi connectivity index (χ0n) is 11.7. The van der Waals surface area contributed by atoms with Gasteiger partial charge in [0.25, 0.3) is 0 Å². The van der Waals surface area contributed by atoms with Crippen molar-refractivity contribution in [3.8, 4) is 0 Å². The van der Waals surface area contributed by atoms with Crippen LogP contribution in [-0.2, 0) is 13.6 Å². The van der Waals surface area contributed by atoms with Gasteiger partial charge in [-0.2, -0.15) is 0 Å². The van der Waals surface area contributed by atoms with Crippen molar-refractivity contribution in [2.24, 2.45) is 7.05 Å². The molecule has 4 nitrogen and oxygen atoms in total. The minimum absolute atomic E-state index is 0.881. The van der Waals surface area contributed by atoms with E-state index in [4.69, 9.17) is 0 Å². The smallest absolute Gasteiger partial charge is 0.0945 e. The normalized spacial score (nSPS) is 10.6. The highest BCUT2D eigenvalue weighted by Crippen LogP contribution is 2.10. The Morgan fingerprint density at radius 2 is 2.05 bits per heavy atom. The van der Waals surface area contributed by atoms with Gasteiger partial charge in [0.2, 0.25) is 0 Å². The molecule has 0 bridgehead atoms.